The summed E-state index contributed by atoms with van der Waals surface area (Å²) in [6.45, 7) is 0.689. The molecule has 1 aromatic carbocycles. The minimum absolute atomic E-state index is 0.0426. The number of carbonyl (C=O) groups excluding carboxylic acids is 1. The summed E-state index contributed by atoms with van der Waals surface area (Å²) < 4.78 is 26.7. The summed E-state index contributed by atoms with van der Waals surface area (Å²) in [6.07, 6.45) is 2.05. The van der Waals surface area contributed by atoms with Crippen molar-refractivity contribution in [2.75, 3.05) is 13.1 Å². The van der Waals surface area contributed by atoms with Crippen molar-refractivity contribution >= 4 is 15.7 Å². The van der Waals surface area contributed by atoms with E-state index in [2.05, 4.69) is 10.2 Å². The molecule has 2 heterocycles. The van der Waals surface area contributed by atoms with Crippen LogP contribution < -0.4 is 0 Å². The second kappa shape index (κ2) is 6.64. The molecule has 9 heteroatoms. The van der Waals surface area contributed by atoms with Crippen LogP contribution in [0, 0.1) is 11.3 Å². The van der Waals surface area contributed by atoms with Gasteiger partial charge in [-0.25, -0.2) is 8.42 Å². The number of benzene rings is 1. The molecule has 130 valence electrons. The van der Waals surface area contributed by atoms with Gasteiger partial charge in [0.2, 0.25) is 15.0 Å². The summed E-state index contributed by atoms with van der Waals surface area (Å²) in [6, 6.07) is 8.51. The summed E-state index contributed by atoms with van der Waals surface area (Å²) >= 11 is 0. The molecule has 1 fully saturated rings. The highest BCUT2D eigenvalue weighted by Crippen LogP contribution is 2.24. The number of carbonyl (C=O) groups is 1. The average Bonchev–Trinajstić information content (AvgIpc) is 3.08. The molecule has 0 N–H and O–H groups in total. The Kier molecular flexibility index (Phi) is 4.55. The number of nitrogens with zero attached hydrogens (tertiary/aromatic N) is 5. The van der Waals surface area contributed by atoms with E-state index in [1.165, 1.54) is 10.9 Å². The van der Waals surface area contributed by atoms with Gasteiger partial charge in [-0.05, 0) is 31.0 Å². The van der Waals surface area contributed by atoms with E-state index in [0.29, 0.717) is 37.1 Å². The van der Waals surface area contributed by atoms with E-state index in [4.69, 9.17) is 5.26 Å². The first-order valence-electron chi connectivity index (χ1n) is 7.81. The fourth-order valence-electron chi connectivity index (χ4n) is 2.95. The van der Waals surface area contributed by atoms with Crippen molar-refractivity contribution < 1.29 is 13.2 Å². The third-order valence-electron chi connectivity index (χ3n) is 4.33. The van der Waals surface area contributed by atoms with Crippen molar-refractivity contribution in [3.05, 3.63) is 41.7 Å². The van der Waals surface area contributed by atoms with Crippen molar-refractivity contribution in [3.63, 3.8) is 0 Å². The number of aromatic nitrogens is 3. The molecule has 1 aromatic heterocycles. The lowest BCUT2D eigenvalue weighted by molar-refractivity contribution is 0.0725. The molecule has 2 aromatic rings. The van der Waals surface area contributed by atoms with Crippen LogP contribution in [-0.2, 0) is 16.9 Å². The van der Waals surface area contributed by atoms with Gasteiger partial charge in [0.15, 0.2) is 0 Å². The van der Waals surface area contributed by atoms with Crippen LogP contribution in [0.3, 0.4) is 0 Å². The Morgan fingerprint density at radius 1 is 1.32 bits per heavy atom. The number of aryl methyl sites for hydroxylation is 1. The van der Waals surface area contributed by atoms with Gasteiger partial charge in [-0.15, -0.1) is 10.2 Å². The Labute approximate surface area is 145 Å². The molecule has 3 rings (SSSR count). The van der Waals surface area contributed by atoms with E-state index in [-0.39, 0.29) is 11.1 Å². The summed E-state index contributed by atoms with van der Waals surface area (Å²) in [5.74, 6) is -0.188. The van der Waals surface area contributed by atoms with Gasteiger partial charge in [-0.2, -0.15) is 5.26 Å². The topological polar surface area (TPSA) is 109 Å². The number of hydrogen-bond acceptors (Lipinski definition) is 6. The van der Waals surface area contributed by atoms with Crippen molar-refractivity contribution in [2.45, 2.75) is 23.2 Å². The Morgan fingerprint density at radius 2 is 2.04 bits per heavy atom. The van der Waals surface area contributed by atoms with Crippen molar-refractivity contribution in [2.24, 2.45) is 7.05 Å². The fourth-order valence-corrected chi connectivity index (χ4v) is 4.69. The van der Waals surface area contributed by atoms with Crippen LogP contribution in [0.2, 0.25) is 0 Å². The predicted molar refractivity (Wildman–Crippen MR) is 88.3 cm³/mol. The second-order valence-corrected chi connectivity index (χ2v) is 8.08. The number of piperidine rings is 1. The molecular weight excluding hydrogens is 342 g/mol. The molecule has 0 unspecified atom stereocenters. The highest BCUT2D eigenvalue weighted by atomic mass is 32.2. The van der Waals surface area contributed by atoms with E-state index < -0.39 is 15.1 Å². The van der Waals surface area contributed by atoms with Gasteiger partial charge in [0.1, 0.15) is 6.33 Å². The quantitative estimate of drug-likeness (QED) is 0.800. The van der Waals surface area contributed by atoms with Crippen LogP contribution in [0.25, 0.3) is 0 Å². The monoisotopic (exact) mass is 359 g/mol. The Bertz CT molecular complexity index is 937. The Morgan fingerprint density at radius 3 is 2.64 bits per heavy atom. The van der Waals surface area contributed by atoms with E-state index in [1.54, 1.807) is 36.2 Å². The minimum atomic E-state index is -3.57. The number of amides is 1. The predicted octanol–water partition coefficient (Wildman–Crippen LogP) is 0.765. The van der Waals surface area contributed by atoms with Crippen LogP contribution in [0.1, 0.15) is 28.8 Å². The van der Waals surface area contributed by atoms with Gasteiger partial charge in [0.25, 0.3) is 5.91 Å². The maximum Gasteiger partial charge on any atom is 0.253 e. The van der Waals surface area contributed by atoms with Gasteiger partial charge >= 0.3 is 0 Å². The first-order chi connectivity index (χ1) is 11.9. The molecule has 0 saturated carbocycles. The number of likely N-dealkylation sites (tertiary alicyclic amines) is 1. The van der Waals surface area contributed by atoms with Gasteiger partial charge in [0.05, 0.1) is 16.9 Å². The molecule has 8 nitrogen and oxygen atoms in total. The maximum atomic E-state index is 12.6. The van der Waals surface area contributed by atoms with E-state index in [0.717, 1.165) is 0 Å². The van der Waals surface area contributed by atoms with Crippen molar-refractivity contribution in [3.8, 4) is 6.07 Å². The highest BCUT2D eigenvalue weighted by Gasteiger charge is 2.35. The second-order valence-electron chi connectivity index (χ2n) is 5.95. The fraction of sp³-hybridized carbons (Fsp3) is 0.375. The van der Waals surface area contributed by atoms with Crippen LogP contribution in [0.4, 0.5) is 0 Å². The third-order valence-corrected chi connectivity index (χ3v) is 6.56. The van der Waals surface area contributed by atoms with Gasteiger partial charge in [-0.3, -0.25) is 4.79 Å². The lowest BCUT2D eigenvalue weighted by atomic mass is 10.1. The molecule has 1 saturated heterocycles. The first-order valence-corrected chi connectivity index (χ1v) is 9.35. The molecule has 1 amide bonds. The lowest BCUT2D eigenvalue weighted by Gasteiger charge is -2.31. The summed E-state index contributed by atoms with van der Waals surface area (Å²) in [4.78, 5) is 14.2. The third kappa shape index (κ3) is 3.25. The van der Waals surface area contributed by atoms with Gasteiger partial charge in [0, 0.05) is 25.7 Å². The Hall–Kier alpha value is -2.73. The van der Waals surface area contributed by atoms with Crippen LogP contribution in [0.15, 0.2) is 35.7 Å². The smallest absolute Gasteiger partial charge is 0.253 e. The SMILES string of the molecule is Cn1cnnc1S(=O)(=O)C1CCN(C(=O)c2cccc(C#N)c2)CC1. The van der Waals surface area contributed by atoms with Gasteiger partial charge < -0.3 is 9.47 Å². The molecule has 0 bridgehead atoms. The summed E-state index contributed by atoms with van der Waals surface area (Å²) in [5, 5.41) is 15.6. The zero-order valence-corrected chi connectivity index (χ0v) is 14.5. The molecule has 1 aliphatic heterocycles. The highest BCUT2D eigenvalue weighted by molar-refractivity contribution is 7.91. The number of nitriles is 1. The van der Waals surface area contributed by atoms with Crippen molar-refractivity contribution in [1.82, 2.24) is 19.7 Å². The molecule has 0 atom stereocenters. The van der Waals surface area contributed by atoms with Crippen LogP contribution >= 0.6 is 0 Å². The van der Waals surface area contributed by atoms with E-state index >= 15 is 0 Å². The molecule has 25 heavy (non-hydrogen) atoms. The van der Waals surface area contributed by atoms with Crippen LogP contribution in [-0.4, -0.2) is 52.3 Å². The van der Waals surface area contributed by atoms with E-state index in [9.17, 15) is 13.2 Å². The molecular formula is C16H17N5O3S. The number of rotatable bonds is 3. The number of hydrogen-bond donors (Lipinski definition) is 0. The molecule has 0 radical (unpaired) electrons. The molecule has 0 spiro atoms. The Balaban J connectivity index is 1.71. The average molecular weight is 359 g/mol. The largest absolute Gasteiger partial charge is 0.339 e. The summed E-state index contributed by atoms with van der Waals surface area (Å²) in [5.41, 5.74) is 0.860. The van der Waals surface area contributed by atoms with Crippen molar-refractivity contribution in [1.29, 1.82) is 5.26 Å². The standard InChI is InChI=1S/C16H17N5O3S/c1-20-11-18-19-16(20)25(23,24)14-5-7-21(8-6-14)15(22)13-4-2-3-12(9-13)10-17/h2-4,9,11,14H,5-8H2,1H3. The zero-order chi connectivity index (χ0) is 18.0. The minimum Gasteiger partial charge on any atom is -0.339 e. The normalized spacial score (nSPS) is 15.8. The number of sulfone groups is 1. The molecule has 0 aliphatic carbocycles. The van der Waals surface area contributed by atoms with Crippen LogP contribution in [0.5, 0.6) is 0 Å². The first kappa shape index (κ1) is 17.1. The molecule has 1 aliphatic rings. The zero-order valence-electron chi connectivity index (χ0n) is 13.7. The lowest BCUT2D eigenvalue weighted by Crippen LogP contribution is -2.42. The van der Waals surface area contributed by atoms with E-state index in [1.807, 2.05) is 6.07 Å². The summed E-state index contributed by atoms with van der Waals surface area (Å²) in [7, 11) is -1.97. The maximum absolute atomic E-state index is 12.6. The van der Waals surface area contributed by atoms with Gasteiger partial charge in [-0.1, -0.05) is 6.07 Å².